The molecule has 1 aliphatic heterocycles. The Morgan fingerprint density at radius 3 is 3.17 bits per heavy atom. The van der Waals surface area contributed by atoms with Crippen LogP contribution in [-0.2, 0) is 6.61 Å². The Hall–Kier alpha value is -1.92. The van der Waals surface area contributed by atoms with Gasteiger partial charge in [0.25, 0.3) is 5.91 Å². The molecule has 1 amide bonds. The molecule has 1 unspecified atom stereocenters. The van der Waals surface area contributed by atoms with Crippen LogP contribution in [0.2, 0.25) is 0 Å². The molecule has 5 nitrogen and oxygen atoms in total. The fraction of sp³-hybridized carbons (Fsp3) is 0.412. The summed E-state index contributed by atoms with van der Waals surface area (Å²) in [5.41, 5.74) is 1.54. The highest BCUT2D eigenvalue weighted by molar-refractivity contribution is 7.09. The first-order chi connectivity index (χ1) is 11.2. The zero-order valence-electron chi connectivity index (χ0n) is 13.2. The molecule has 1 atom stereocenters. The molecule has 0 saturated carbocycles. The fourth-order valence-corrected chi connectivity index (χ4v) is 3.20. The number of benzene rings is 1. The van der Waals surface area contributed by atoms with Crippen molar-refractivity contribution in [2.45, 2.75) is 32.4 Å². The lowest BCUT2D eigenvalue weighted by atomic mass is 10.1. The first kappa shape index (κ1) is 16.0. The van der Waals surface area contributed by atoms with Gasteiger partial charge < -0.3 is 15.4 Å². The van der Waals surface area contributed by atoms with E-state index in [-0.39, 0.29) is 11.9 Å². The van der Waals surface area contributed by atoms with E-state index in [1.165, 1.54) is 0 Å². The number of nitrogens with zero attached hydrogens (tertiary/aromatic N) is 1. The molecular formula is C17H21N3O2S. The van der Waals surface area contributed by atoms with Crippen LogP contribution in [0.1, 0.15) is 33.9 Å². The van der Waals surface area contributed by atoms with E-state index in [4.69, 9.17) is 4.74 Å². The molecule has 2 heterocycles. The molecule has 23 heavy (non-hydrogen) atoms. The molecule has 6 heteroatoms. The molecule has 1 aromatic heterocycles. The van der Waals surface area contributed by atoms with E-state index in [2.05, 4.69) is 15.6 Å². The third kappa shape index (κ3) is 4.53. The number of hydrogen-bond donors (Lipinski definition) is 2. The van der Waals surface area contributed by atoms with E-state index in [9.17, 15) is 4.79 Å². The van der Waals surface area contributed by atoms with Gasteiger partial charge in [0.1, 0.15) is 12.4 Å². The number of piperidine rings is 1. The molecule has 0 spiro atoms. The van der Waals surface area contributed by atoms with Crippen LogP contribution in [0.5, 0.6) is 5.75 Å². The summed E-state index contributed by atoms with van der Waals surface area (Å²) in [6.07, 6.45) is 2.12. The summed E-state index contributed by atoms with van der Waals surface area (Å²) in [5.74, 6) is 0.638. The lowest BCUT2D eigenvalue weighted by Gasteiger charge is -2.23. The quantitative estimate of drug-likeness (QED) is 0.884. The predicted octanol–water partition coefficient (Wildman–Crippen LogP) is 2.51. The Morgan fingerprint density at radius 1 is 1.52 bits per heavy atom. The van der Waals surface area contributed by atoms with Gasteiger partial charge in [-0.25, -0.2) is 4.98 Å². The first-order valence-corrected chi connectivity index (χ1v) is 8.74. The smallest absolute Gasteiger partial charge is 0.251 e. The lowest BCUT2D eigenvalue weighted by molar-refractivity contribution is 0.0930. The van der Waals surface area contributed by atoms with Gasteiger partial charge >= 0.3 is 0 Å². The van der Waals surface area contributed by atoms with Crippen molar-refractivity contribution in [3.8, 4) is 5.75 Å². The van der Waals surface area contributed by atoms with Gasteiger partial charge in [-0.15, -0.1) is 11.3 Å². The van der Waals surface area contributed by atoms with Gasteiger partial charge in [-0.3, -0.25) is 4.79 Å². The molecule has 1 aliphatic rings. The molecule has 122 valence electrons. The van der Waals surface area contributed by atoms with Crippen molar-refractivity contribution >= 4 is 17.2 Å². The van der Waals surface area contributed by atoms with Gasteiger partial charge in [0.05, 0.1) is 10.7 Å². The van der Waals surface area contributed by atoms with Gasteiger partial charge in [0.2, 0.25) is 0 Å². The summed E-state index contributed by atoms with van der Waals surface area (Å²) < 4.78 is 5.74. The predicted molar refractivity (Wildman–Crippen MR) is 91.0 cm³/mol. The maximum atomic E-state index is 12.3. The summed E-state index contributed by atoms with van der Waals surface area (Å²) in [7, 11) is 0. The number of amides is 1. The average Bonchev–Trinajstić information content (AvgIpc) is 3.00. The van der Waals surface area contributed by atoms with E-state index in [0.29, 0.717) is 17.9 Å². The Morgan fingerprint density at radius 2 is 2.43 bits per heavy atom. The minimum atomic E-state index is -0.0475. The molecule has 1 aromatic carbocycles. The second kappa shape index (κ2) is 7.57. The SMILES string of the molecule is Cc1nc(COc2cccc(C(=O)NC3CCCNC3)c2)cs1. The molecule has 3 rings (SSSR count). The van der Waals surface area contributed by atoms with Crippen LogP contribution >= 0.6 is 11.3 Å². The summed E-state index contributed by atoms with van der Waals surface area (Å²) in [5, 5.41) is 9.38. The van der Waals surface area contributed by atoms with Crippen molar-refractivity contribution in [2.24, 2.45) is 0 Å². The minimum Gasteiger partial charge on any atom is -0.487 e. The van der Waals surface area contributed by atoms with Crippen LogP contribution < -0.4 is 15.4 Å². The standard InChI is InChI=1S/C17H21N3O2S/c1-12-19-15(11-23-12)10-22-16-6-2-4-13(8-16)17(21)20-14-5-3-7-18-9-14/h2,4,6,8,11,14,18H,3,5,7,9-10H2,1H3,(H,20,21). The number of rotatable bonds is 5. The highest BCUT2D eigenvalue weighted by atomic mass is 32.1. The van der Waals surface area contributed by atoms with Crippen LogP contribution in [0, 0.1) is 6.92 Å². The topological polar surface area (TPSA) is 63.2 Å². The molecule has 1 fully saturated rings. The van der Waals surface area contributed by atoms with Crippen LogP contribution in [0.3, 0.4) is 0 Å². The largest absolute Gasteiger partial charge is 0.487 e. The molecule has 0 aliphatic carbocycles. The number of aromatic nitrogens is 1. The zero-order chi connectivity index (χ0) is 16.1. The van der Waals surface area contributed by atoms with Crippen molar-refractivity contribution in [1.29, 1.82) is 0 Å². The van der Waals surface area contributed by atoms with Crippen molar-refractivity contribution in [2.75, 3.05) is 13.1 Å². The maximum Gasteiger partial charge on any atom is 0.251 e. The number of nitrogens with one attached hydrogen (secondary N) is 2. The zero-order valence-corrected chi connectivity index (χ0v) is 14.0. The second-order valence-electron chi connectivity index (χ2n) is 5.69. The Balaban J connectivity index is 1.58. The van der Waals surface area contributed by atoms with Crippen molar-refractivity contribution < 1.29 is 9.53 Å². The number of thiazole rings is 1. The van der Waals surface area contributed by atoms with E-state index >= 15 is 0 Å². The van der Waals surface area contributed by atoms with Gasteiger partial charge in [-0.2, -0.15) is 0 Å². The van der Waals surface area contributed by atoms with Gasteiger partial charge in [0, 0.05) is 23.5 Å². The van der Waals surface area contributed by atoms with Crippen LogP contribution in [0.15, 0.2) is 29.6 Å². The highest BCUT2D eigenvalue weighted by Crippen LogP contribution is 2.16. The van der Waals surface area contributed by atoms with Crippen molar-refractivity contribution in [3.05, 3.63) is 45.9 Å². The number of hydrogen-bond acceptors (Lipinski definition) is 5. The number of aryl methyl sites for hydroxylation is 1. The lowest BCUT2D eigenvalue weighted by Crippen LogP contribution is -2.45. The minimum absolute atomic E-state index is 0.0475. The molecule has 1 saturated heterocycles. The molecular weight excluding hydrogens is 310 g/mol. The van der Waals surface area contributed by atoms with Crippen molar-refractivity contribution in [1.82, 2.24) is 15.6 Å². The third-order valence-corrected chi connectivity index (χ3v) is 4.60. The van der Waals surface area contributed by atoms with E-state index in [1.807, 2.05) is 30.5 Å². The molecule has 2 aromatic rings. The maximum absolute atomic E-state index is 12.3. The first-order valence-electron chi connectivity index (χ1n) is 7.86. The number of carbonyl (C=O) groups excluding carboxylic acids is 1. The van der Waals surface area contributed by atoms with Gasteiger partial charge in [-0.05, 0) is 44.5 Å². The second-order valence-corrected chi connectivity index (χ2v) is 6.75. The van der Waals surface area contributed by atoms with E-state index in [0.717, 1.165) is 36.6 Å². The number of ether oxygens (including phenoxy) is 1. The Kier molecular flexibility index (Phi) is 5.25. The molecule has 2 N–H and O–H groups in total. The average molecular weight is 331 g/mol. The van der Waals surface area contributed by atoms with Crippen LogP contribution in [-0.4, -0.2) is 30.0 Å². The summed E-state index contributed by atoms with van der Waals surface area (Å²) >= 11 is 1.61. The molecule has 0 bridgehead atoms. The fourth-order valence-electron chi connectivity index (χ4n) is 2.60. The monoisotopic (exact) mass is 331 g/mol. The Bertz CT molecular complexity index is 665. The van der Waals surface area contributed by atoms with Crippen LogP contribution in [0.25, 0.3) is 0 Å². The van der Waals surface area contributed by atoms with E-state index < -0.39 is 0 Å². The van der Waals surface area contributed by atoms with Gasteiger partial charge in [-0.1, -0.05) is 6.07 Å². The van der Waals surface area contributed by atoms with E-state index in [1.54, 1.807) is 17.4 Å². The van der Waals surface area contributed by atoms with Crippen molar-refractivity contribution in [3.63, 3.8) is 0 Å². The molecule has 0 radical (unpaired) electrons. The third-order valence-electron chi connectivity index (χ3n) is 3.78. The summed E-state index contributed by atoms with van der Waals surface area (Å²) in [6, 6.07) is 7.50. The highest BCUT2D eigenvalue weighted by Gasteiger charge is 2.16. The summed E-state index contributed by atoms with van der Waals surface area (Å²) in [6.45, 7) is 4.26. The Labute approximate surface area is 140 Å². The number of carbonyl (C=O) groups is 1. The van der Waals surface area contributed by atoms with Crippen LogP contribution in [0.4, 0.5) is 0 Å². The van der Waals surface area contributed by atoms with Gasteiger partial charge in [0.15, 0.2) is 0 Å². The normalized spacial score (nSPS) is 17.7. The summed E-state index contributed by atoms with van der Waals surface area (Å²) in [4.78, 5) is 16.7.